The van der Waals surface area contributed by atoms with Gasteiger partial charge in [0.25, 0.3) is 0 Å². The highest BCUT2D eigenvalue weighted by Gasteiger charge is 2.16. The van der Waals surface area contributed by atoms with E-state index in [2.05, 4.69) is 4.98 Å². The molecule has 1 atom stereocenters. The van der Waals surface area contributed by atoms with Gasteiger partial charge in [-0.3, -0.25) is 9.59 Å². The maximum atomic E-state index is 12.2. The molecular weight excluding hydrogens is 330 g/mol. The molecule has 0 saturated heterocycles. The van der Waals surface area contributed by atoms with Crippen LogP contribution in [-0.2, 0) is 4.79 Å². The van der Waals surface area contributed by atoms with Gasteiger partial charge < -0.3 is 10.2 Å². The third kappa shape index (κ3) is 4.20. The zero-order valence-electron chi connectivity index (χ0n) is 12.8. The molecule has 6 nitrogen and oxygen atoms in total. The summed E-state index contributed by atoms with van der Waals surface area (Å²) < 4.78 is 0. The van der Waals surface area contributed by atoms with Gasteiger partial charge in [0.15, 0.2) is 5.78 Å². The van der Waals surface area contributed by atoms with E-state index >= 15 is 0 Å². The van der Waals surface area contributed by atoms with Crippen LogP contribution in [0.25, 0.3) is 0 Å². The molecule has 0 aliphatic rings. The first-order valence-corrected chi connectivity index (χ1v) is 8.05. The second-order valence-electron chi connectivity index (χ2n) is 5.06. The average molecular weight is 345 g/mol. The molecule has 1 unspecified atom stereocenters. The van der Waals surface area contributed by atoms with Crippen molar-refractivity contribution in [2.24, 2.45) is 0 Å². The Hall–Kier alpha value is -2.67. The van der Waals surface area contributed by atoms with Crippen LogP contribution in [0.4, 0.5) is 0 Å². The number of benzene rings is 1. The van der Waals surface area contributed by atoms with Crippen LogP contribution in [-0.4, -0.2) is 38.7 Å². The lowest BCUT2D eigenvalue weighted by Gasteiger charge is -2.08. The van der Waals surface area contributed by atoms with E-state index in [1.54, 1.807) is 31.2 Å². The monoisotopic (exact) mass is 345 g/mol. The Bertz CT molecular complexity index is 773. The molecule has 0 amide bonds. The van der Waals surface area contributed by atoms with E-state index in [1.165, 1.54) is 18.3 Å². The number of aliphatic carboxylic acids is 1. The second kappa shape index (κ2) is 7.74. The van der Waals surface area contributed by atoms with Gasteiger partial charge in [0.2, 0.25) is 0 Å². The number of carbonyl (C=O) groups is 3. The summed E-state index contributed by atoms with van der Waals surface area (Å²) >= 11 is 1.06. The summed E-state index contributed by atoms with van der Waals surface area (Å²) in [6, 6.07) is 9.34. The van der Waals surface area contributed by atoms with Gasteiger partial charge in [-0.1, -0.05) is 36.0 Å². The molecule has 1 aromatic heterocycles. The summed E-state index contributed by atoms with van der Waals surface area (Å²) in [5, 5.41) is 18.3. The number of ketones is 1. The van der Waals surface area contributed by atoms with Crippen molar-refractivity contribution in [3.63, 3.8) is 0 Å². The maximum Gasteiger partial charge on any atom is 0.338 e. The summed E-state index contributed by atoms with van der Waals surface area (Å²) in [5.74, 6) is -2.80. The number of Topliss-reactive ketones (excluding diaryl/α,β-unsaturated/α-hetero) is 1. The van der Waals surface area contributed by atoms with Gasteiger partial charge in [-0.15, -0.1) is 0 Å². The third-order valence-electron chi connectivity index (χ3n) is 3.44. The van der Waals surface area contributed by atoms with Crippen LogP contribution in [0.3, 0.4) is 0 Å². The van der Waals surface area contributed by atoms with Gasteiger partial charge in [-0.2, -0.15) is 0 Å². The lowest BCUT2D eigenvalue weighted by Crippen LogP contribution is -2.08. The first-order chi connectivity index (χ1) is 11.4. The summed E-state index contributed by atoms with van der Waals surface area (Å²) in [5.41, 5.74) is 1.11. The normalized spacial score (nSPS) is 11.7. The second-order valence-corrected chi connectivity index (χ2v) is 6.02. The lowest BCUT2D eigenvalue weighted by molar-refractivity contribution is -0.138. The number of carbonyl (C=O) groups excluding carboxylic acids is 1. The van der Waals surface area contributed by atoms with Crippen molar-refractivity contribution in [3.05, 3.63) is 59.3 Å². The molecule has 2 aromatic rings. The molecular formula is C17H15NO5S. The number of carboxylic acids is 2. The van der Waals surface area contributed by atoms with Gasteiger partial charge in [0.1, 0.15) is 5.03 Å². The minimum atomic E-state index is -1.09. The van der Waals surface area contributed by atoms with E-state index in [0.29, 0.717) is 11.1 Å². The van der Waals surface area contributed by atoms with Crippen molar-refractivity contribution in [1.29, 1.82) is 0 Å². The molecule has 0 bridgehead atoms. The van der Waals surface area contributed by atoms with E-state index in [-0.39, 0.29) is 22.1 Å². The van der Waals surface area contributed by atoms with E-state index < -0.39 is 17.9 Å². The molecule has 2 rings (SSSR count). The zero-order chi connectivity index (χ0) is 17.7. The molecule has 7 heteroatoms. The number of aromatic nitrogens is 1. The number of rotatable bonds is 7. The predicted octanol–water partition coefficient (Wildman–Crippen LogP) is 2.94. The Morgan fingerprint density at radius 1 is 1.12 bits per heavy atom. The molecule has 24 heavy (non-hydrogen) atoms. The summed E-state index contributed by atoms with van der Waals surface area (Å²) in [6.45, 7) is 1.57. The SMILES string of the molecule is CC(C(=O)O)c1ccc(C(=O)CSc2ncccc2C(=O)O)cc1. The molecule has 1 aromatic carbocycles. The number of aromatic carboxylic acids is 1. The van der Waals surface area contributed by atoms with Gasteiger partial charge in [0, 0.05) is 11.8 Å². The van der Waals surface area contributed by atoms with Crippen LogP contribution in [0.5, 0.6) is 0 Å². The van der Waals surface area contributed by atoms with Crippen LogP contribution >= 0.6 is 11.8 Å². The molecule has 0 spiro atoms. The average Bonchev–Trinajstić information content (AvgIpc) is 2.59. The number of hydrogen-bond acceptors (Lipinski definition) is 5. The minimum Gasteiger partial charge on any atom is -0.481 e. The topological polar surface area (TPSA) is 105 Å². The maximum absolute atomic E-state index is 12.2. The molecule has 0 fully saturated rings. The van der Waals surface area contributed by atoms with Crippen LogP contribution in [0.2, 0.25) is 0 Å². The highest BCUT2D eigenvalue weighted by atomic mass is 32.2. The molecule has 124 valence electrons. The van der Waals surface area contributed by atoms with Crippen molar-refractivity contribution in [2.75, 3.05) is 5.75 Å². The highest BCUT2D eigenvalue weighted by Crippen LogP contribution is 2.22. The van der Waals surface area contributed by atoms with Crippen molar-refractivity contribution < 1.29 is 24.6 Å². The van der Waals surface area contributed by atoms with Gasteiger partial charge in [-0.05, 0) is 24.6 Å². The number of hydrogen-bond donors (Lipinski definition) is 2. The number of nitrogens with zero attached hydrogens (tertiary/aromatic N) is 1. The standard InChI is InChI=1S/C17H15NO5S/c1-10(16(20)21)11-4-6-12(7-5-11)14(19)9-24-15-13(17(22)23)3-2-8-18-15/h2-8,10H,9H2,1H3,(H,20,21)(H,22,23). The lowest BCUT2D eigenvalue weighted by atomic mass is 9.99. The molecule has 0 saturated carbocycles. The Morgan fingerprint density at radius 2 is 1.79 bits per heavy atom. The van der Waals surface area contributed by atoms with E-state index in [1.807, 2.05) is 0 Å². The van der Waals surface area contributed by atoms with Crippen LogP contribution in [0.1, 0.15) is 39.1 Å². The quantitative estimate of drug-likeness (QED) is 0.587. The number of carboxylic acid groups (broad SMARTS) is 2. The summed E-state index contributed by atoms with van der Waals surface area (Å²) in [7, 11) is 0. The Labute approximate surface area is 142 Å². The van der Waals surface area contributed by atoms with Crippen molar-refractivity contribution >= 4 is 29.5 Å². The van der Waals surface area contributed by atoms with Crippen molar-refractivity contribution in [2.45, 2.75) is 17.9 Å². The Kier molecular flexibility index (Phi) is 5.70. The van der Waals surface area contributed by atoms with Crippen LogP contribution < -0.4 is 0 Å². The van der Waals surface area contributed by atoms with Crippen molar-refractivity contribution in [3.8, 4) is 0 Å². The smallest absolute Gasteiger partial charge is 0.338 e. The third-order valence-corrected chi connectivity index (χ3v) is 4.45. The zero-order valence-corrected chi connectivity index (χ0v) is 13.6. The van der Waals surface area contributed by atoms with E-state index in [9.17, 15) is 14.4 Å². The van der Waals surface area contributed by atoms with Crippen LogP contribution in [0.15, 0.2) is 47.6 Å². The Balaban J connectivity index is 2.06. The Morgan fingerprint density at radius 3 is 2.38 bits per heavy atom. The molecule has 2 N–H and O–H groups in total. The molecule has 0 radical (unpaired) electrons. The molecule has 0 aliphatic carbocycles. The number of pyridine rings is 1. The highest BCUT2D eigenvalue weighted by molar-refractivity contribution is 8.00. The molecule has 0 aliphatic heterocycles. The van der Waals surface area contributed by atoms with Gasteiger partial charge in [-0.25, -0.2) is 9.78 Å². The summed E-state index contributed by atoms with van der Waals surface area (Å²) in [4.78, 5) is 38.2. The fourth-order valence-electron chi connectivity index (χ4n) is 1.99. The minimum absolute atomic E-state index is 0.0468. The predicted molar refractivity (Wildman–Crippen MR) is 88.7 cm³/mol. The van der Waals surface area contributed by atoms with Crippen molar-refractivity contribution in [1.82, 2.24) is 4.98 Å². The summed E-state index contributed by atoms with van der Waals surface area (Å²) in [6.07, 6.45) is 1.47. The fourth-order valence-corrected chi connectivity index (χ4v) is 2.87. The van der Waals surface area contributed by atoms with E-state index in [4.69, 9.17) is 10.2 Å². The number of thioether (sulfide) groups is 1. The van der Waals surface area contributed by atoms with Crippen LogP contribution in [0, 0.1) is 0 Å². The largest absolute Gasteiger partial charge is 0.481 e. The van der Waals surface area contributed by atoms with Gasteiger partial charge in [0.05, 0.1) is 17.2 Å². The molecule has 1 heterocycles. The van der Waals surface area contributed by atoms with Gasteiger partial charge >= 0.3 is 11.9 Å². The fraction of sp³-hybridized carbons (Fsp3) is 0.176. The first kappa shape index (κ1) is 17.7. The first-order valence-electron chi connectivity index (χ1n) is 7.07. The van der Waals surface area contributed by atoms with E-state index in [0.717, 1.165) is 11.8 Å².